The molecule has 0 atom stereocenters. The van der Waals surface area contributed by atoms with Crippen molar-refractivity contribution < 1.29 is 8.42 Å². The topological polar surface area (TPSA) is 84.0 Å². The fraction of sp³-hybridized carbons (Fsp3) is 0.286. The first-order chi connectivity index (χ1) is 10.0. The molecule has 0 aromatic carbocycles. The van der Waals surface area contributed by atoms with E-state index in [-0.39, 0.29) is 11.4 Å². The van der Waals surface area contributed by atoms with Crippen LogP contribution in [0, 0.1) is 6.92 Å². The molecule has 2 aromatic rings. The molecule has 0 saturated heterocycles. The maximum atomic E-state index is 12.2. The van der Waals surface area contributed by atoms with Crippen LogP contribution in [0.1, 0.15) is 18.2 Å². The highest BCUT2D eigenvalue weighted by molar-refractivity contribution is 7.89. The van der Waals surface area contributed by atoms with Crippen LogP contribution in [0.25, 0.3) is 0 Å². The predicted molar refractivity (Wildman–Crippen MR) is 81.4 cm³/mol. The number of anilines is 1. The van der Waals surface area contributed by atoms with E-state index in [1.165, 1.54) is 12.3 Å². The third kappa shape index (κ3) is 3.99. The lowest BCUT2D eigenvalue weighted by atomic mass is 10.2. The van der Waals surface area contributed by atoms with Crippen molar-refractivity contribution in [2.45, 2.75) is 25.3 Å². The Labute approximate surface area is 124 Å². The monoisotopic (exact) mass is 306 g/mol. The van der Waals surface area contributed by atoms with Gasteiger partial charge in [-0.05, 0) is 37.6 Å². The maximum absolute atomic E-state index is 12.2. The average Bonchev–Trinajstić information content (AvgIpc) is 2.47. The molecule has 21 heavy (non-hydrogen) atoms. The van der Waals surface area contributed by atoms with Crippen LogP contribution in [0.3, 0.4) is 0 Å². The van der Waals surface area contributed by atoms with Crippen molar-refractivity contribution in [3.63, 3.8) is 0 Å². The zero-order chi connectivity index (χ0) is 15.3. The second kappa shape index (κ2) is 6.64. The van der Waals surface area contributed by atoms with Crippen LogP contribution in [0.4, 0.5) is 5.82 Å². The van der Waals surface area contributed by atoms with Crippen LogP contribution < -0.4 is 10.0 Å². The number of hydrogen-bond acceptors (Lipinski definition) is 5. The molecule has 2 N–H and O–H groups in total. The molecule has 0 spiro atoms. The minimum Gasteiger partial charge on any atom is -0.370 e. The summed E-state index contributed by atoms with van der Waals surface area (Å²) in [6.45, 7) is 4.73. The zero-order valence-electron chi connectivity index (χ0n) is 12.0. The molecule has 0 aliphatic carbocycles. The van der Waals surface area contributed by atoms with E-state index in [1.807, 2.05) is 26.0 Å². The predicted octanol–water partition coefficient (Wildman–Crippen LogP) is 1.70. The van der Waals surface area contributed by atoms with Gasteiger partial charge in [0.25, 0.3) is 0 Å². The van der Waals surface area contributed by atoms with Crippen molar-refractivity contribution in [1.82, 2.24) is 14.7 Å². The van der Waals surface area contributed by atoms with E-state index in [4.69, 9.17) is 0 Å². The van der Waals surface area contributed by atoms with Crippen molar-refractivity contribution in [3.8, 4) is 0 Å². The van der Waals surface area contributed by atoms with Crippen molar-refractivity contribution in [3.05, 3.63) is 47.9 Å². The molecular formula is C14H18N4O2S. The van der Waals surface area contributed by atoms with Gasteiger partial charge in [0, 0.05) is 18.9 Å². The molecule has 0 bridgehead atoms. The number of pyridine rings is 2. The van der Waals surface area contributed by atoms with Gasteiger partial charge < -0.3 is 5.32 Å². The summed E-state index contributed by atoms with van der Waals surface area (Å²) in [7, 11) is -3.59. The molecule has 0 amide bonds. The smallest absolute Gasteiger partial charge is 0.242 e. The molecule has 2 aromatic heterocycles. The first-order valence-corrected chi connectivity index (χ1v) is 8.11. The minimum absolute atomic E-state index is 0.137. The summed E-state index contributed by atoms with van der Waals surface area (Å²) in [5.41, 5.74) is 1.65. The first-order valence-electron chi connectivity index (χ1n) is 6.63. The highest BCUT2D eigenvalue weighted by Gasteiger charge is 2.15. The highest BCUT2D eigenvalue weighted by atomic mass is 32.2. The molecule has 2 heterocycles. The van der Waals surface area contributed by atoms with Gasteiger partial charge in [-0.1, -0.05) is 6.07 Å². The minimum atomic E-state index is -3.59. The molecule has 6 nitrogen and oxygen atoms in total. The van der Waals surface area contributed by atoms with E-state index in [2.05, 4.69) is 20.0 Å². The van der Waals surface area contributed by atoms with Gasteiger partial charge in [-0.3, -0.25) is 4.98 Å². The Hall–Kier alpha value is -1.99. The molecule has 0 saturated carbocycles. The molecule has 0 fully saturated rings. The van der Waals surface area contributed by atoms with E-state index in [0.717, 1.165) is 12.1 Å². The van der Waals surface area contributed by atoms with Crippen LogP contribution >= 0.6 is 0 Å². The Morgan fingerprint density at radius 3 is 2.62 bits per heavy atom. The number of nitrogens with one attached hydrogen (secondary N) is 2. The van der Waals surface area contributed by atoms with E-state index in [0.29, 0.717) is 11.5 Å². The quantitative estimate of drug-likeness (QED) is 0.848. The van der Waals surface area contributed by atoms with Gasteiger partial charge in [0.1, 0.15) is 10.7 Å². The molecule has 0 aliphatic rings. The van der Waals surface area contributed by atoms with Gasteiger partial charge in [0.15, 0.2) is 0 Å². The third-order valence-electron chi connectivity index (χ3n) is 2.95. The number of aryl methyl sites for hydroxylation is 1. The largest absolute Gasteiger partial charge is 0.370 e. The third-order valence-corrected chi connectivity index (χ3v) is 4.34. The average molecular weight is 306 g/mol. The Morgan fingerprint density at radius 2 is 2.00 bits per heavy atom. The fourth-order valence-corrected chi connectivity index (χ4v) is 2.71. The SMILES string of the molecule is CCNc1ccc(S(=O)(=O)NCc2ncccc2C)cn1. The van der Waals surface area contributed by atoms with E-state index in [1.54, 1.807) is 12.3 Å². The van der Waals surface area contributed by atoms with Gasteiger partial charge in [-0.2, -0.15) is 0 Å². The second-order valence-corrected chi connectivity index (χ2v) is 6.27. The molecule has 0 unspecified atom stereocenters. The molecular weight excluding hydrogens is 288 g/mol. The summed E-state index contributed by atoms with van der Waals surface area (Å²) in [5.74, 6) is 0.650. The van der Waals surface area contributed by atoms with Gasteiger partial charge in [-0.15, -0.1) is 0 Å². The number of hydrogen-bond donors (Lipinski definition) is 2. The fourth-order valence-electron chi connectivity index (χ4n) is 1.78. The number of rotatable bonds is 6. The molecule has 7 heteroatoms. The van der Waals surface area contributed by atoms with Crippen LogP contribution in [0.2, 0.25) is 0 Å². The van der Waals surface area contributed by atoms with Crippen LogP contribution in [0.5, 0.6) is 0 Å². The molecule has 2 rings (SSSR count). The van der Waals surface area contributed by atoms with Gasteiger partial charge in [0.05, 0.1) is 12.2 Å². The lowest BCUT2D eigenvalue weighted by molar-refractivity contribution is 0.580. The zero-order valence-corrected chi connectivity index (χ0v) is 12.8. The van der Waals surface area contributed by atoms with E-state index < -0.39 is 10.0 Å². The lowest BCUT2D eigenvalue weighted by Gasteiger charge is -2.08. The summed E-state index contributed by atoms with van der Waals surface area (Å²) >= 11 is 0. The van der Waals surface area contributed by atoms with Gasteiger partial charge in [-0.25, -0.2) is 18.1 Å². The first kappa shape index (κ1) is 15.4. The summed E-state index contributed by atoms with van der Waals surface area (Å²) in [6, 6.07) is 6.88. The Kier molecular flexibility index (Phi) is 4.87. The van der Waals surface area contributed by atoms with Crippen molar-refractivity contribution in [2.75, 3.05) is 11.9 Å². The maximum Gasteiger partial charge on any atom is 0.242 e. The standard InChI is InChI=1S/C14H18N4O2S/c1-3-15-14-7-6-12(9-17-14)21(19,20)18-10-13-11(2)5-4-8-16-13/h4-9,18H,3,10H2,1-2H3,(H,15,17). The van der Waals surface area contributed by atoms with Crippen molar-refractivity contribution in [1.29, 1.82) is 0 Å². The van der Waals surface area contributed by atoms with Crippen molar-refractivity contribution >= 4 is 15.8 Å². The summed E-state index contributed by atoms with van der Waals surface area (Å²) in [4.78, 5) is 8.36. The molecule has 0 radical (unpaired) electrons. The van der Waals surface area contributed by atoms with Gasteiger partial charge >= 0.3 is 0 Å². The Morgan fingerprint density at radius 1 is 1.19 bits per heavy atom. The highest BCUT2D eigenvalue weighted by Crippen LogP contribution is 2.11. The number of aromatic nitrogens is 2. The van der Waals surface area contributed by atoms with Crippen molar-refractivity contribution in [2.24, 2.45) is 0 Å². The molecule has 0 aliphatic heterocycles. The van der Waals surface area contributed by atoms with Crippen LogP contribution in [-0.4, -0.2) is 24.9 Å². The number of sulfonamides is 1. The van der Waals surface area contributed by atoms with Crippen LogP contribution in [0.15, 0.2) is 41.6 Å². The van der Waals surface area contributed by atoms with E-state index in [9.17, 15) is 8.42 Å². The summed E-state index contributed by atoms with van der Waals surface area (Å²) < 4.78 is 26.9. The van der Waals surface area contributed by atoms with Gasteiger partial charge in [0.2, 0.25) is 10.0 Å². The Balaban J connectivity index is 2.09. The number of nitrogens with zero attached hydrogens (tertiary/aromatic N) is 2. The molecule has 112 valence electrons. The lowest BCUT2D eigenvalue weighted by Crippen LogP contribution is -2.24. The summed E-state index contributed by atoms with van der Waals surface area (Å²) in [5, 5.41) is 3.02. The normalized spacial score (nSPS) is 11.3. The summed E-state index contributed by atoms with van der Waals surface area (Å²) in [6.07, 6.45) is 2.98. The van der Waals surface area contributed by atoms with Crippen LogP contribution in [-0.2, 0) is 16.6 Å². The van der Waals surface area contributed by atoms with E-state index >= 15 is 0 Å². The Bertz CT molecular complexity index is 699. The second-order valence-electron chi connectivity index (χ2n) is 4.50.